The molecule has 0 radical (unpaired) electrons. The van der Waals surface area contributed by atoms with Crippen molar-refractivity contribution in [2.24, 2.45) is 5.92 Å². The van der Waals surface area contributed by atoms with Gasteiger partial charge in [-0.05, 0) is 117 Å². The highest BCUT2D eigenvalue weighted by Crippen LogP contribution is 2.59. The van der Waals surface area contributed by atoms with Gasteiger partial charge in [0.05, 0.1) is 7.11 Å². The van der Waals surface area contributed by atoms with Gasteiger partial charge in [0.15, 0.2) is 5.60 Å². The van der Waals surface area contributed by atoms with Gasteiger partial charge in [0.25, 0.3) is 0 Å². The van der Waals surface area contributed by atoms with Gasteiger partial charge in [-0.1, -0.05) is 119 Å². The van der Waals surface area contributed by atoms with Crippen molar-refractivity contribution in [3.05, 3.63) is 160 Å². The van der Waals surface area contributed by atoms with Gasteiger partial charge in [-0.2, -0.15) is 0 Å². The van der Waals surface area contributed by atoms with E-state index in [1.165, 1.54) is 74.7 Å². The minimum atomic E-state index is -0.855. The minimum Gasteiger partial charge on any atom is -0.497 e. The van der Waals surface area contributed by atoms with Gasteiger partial charge in [0.1, 0.15) is 11.5 Å². The SMILES string of the molecule is COc1ccc2c3c(c4c(c2c1)OC(c1ccc(CCC2CCOCC2)cc1)(c1ccc2c(c1)C(C)(C)c1ccccc1-2)C=C4)C(C)(C)c1ccccc1-3. The molecule has 2 aliphatic carbocycles. The summed E-state index contributed by atoms with van der Waals surface area (Å²) in [5, 5.41) is 2.27. The largest absolute Gasteiger partial charge is 0.497 e. The first-order valence-electron chi connectivity index (χ1n) is 19.8. The molecule has 270 valence electrons. The summed E-state index contributed by atoms with van der Waals surface area (Å²) >= 11 is 0. The van der Waals surface area contributed by atoms with Crippen LogP contribution in [-0.4, -0.2) is 20.3 Å². The standard InChI is InChI=1S/C51H48O3/c1-49(2)43-12-8-6-10-37(43)38-22-20-35(30-45(38)49)51(34-18-16-32(17-19-34)14-15-33-25-28-53-29-26-33)27-24-41-47-46(40-11-7-9-13-44(40)50(47,3)4)39-23-21-36(52-5)31-42(39)48(41)54-51/h6-13,16-24,27,30-31,33H,14-15,25-26,28-29H2,1-5H3. The van der Waals surface area contributed by atoms with Gasteiger partial charge in [-0.25, -0.2) is 0 Å². The first kappa shape index (κ1) is 33.4. The molecule has 0 amide bonds. The Morgan fingerprint density at radius 1 is 0.667 bits per heavy atom. The molecule has 6 aromatic rings. The molecule has 0 N–H and O–H groups in total. The quantitative estimate of drug-likeness (QED) is 0.172. The van der Waals surface area contributed by atoms with E-state index in [-0.39, 0.29) is 10.8 Å². The van der Waals surface area contributed by atoms with Crippen LogP contribution in [0.25, 0.3) is 39.1 Å². The Kier molecular flexibility index (Phi) is 7.56. The lowest BCUT2D eigenvalue weighted by atomic mass is 9.75. The smallest absolute Gasteiger partial charge is 0.178 e. The van der Waals surface area contributed by atoms with Crippen molar-refractivity contribution in [2.45, 2.75) is 69.8 Å². The molecule has 0 spiro atoms. The molecule has 1 atom stereocenters. The average Bonchev–Trinajstić information content (AvgIpc) is 3.60. The topological polar surface area (TPSA) is 27.7 Å². The Balaban J connectivity index is 1.17. The Bertz CT molecular complexity index is 2490. The molecule has 10 rings (SSSR count). The number of methoxy groups -OCH3 is 1. The predicted molar refractivity (Wildman–Crippen MR) is 221 cm³/mol. The third-order valence-corrected chi connectivity index (χ3v) is 13.3. The molecule has 1 saturated heterocycles. The molecule has 0 aromatic heterocycles. The number of benzene rings is 6. The van der Waals surface area contributed by atoms with Gasteiger partial charge in [0, 0.05) is 46.1 Å². The van der Waals surface area contributed by atoms with Crippen LogP contribution in [0.1, 0.15) is 91.5 Å². The van der Waals surface area contributed by atoms with Gasteiger partial charge >= 0.3 is 0 Å². The van der Waals surface area contributed by atoms with Crippen LogP contribution in [0.3, 0.4) is 0 Å². The molecule has 4 aliphatic rings. The third kappa shape index (κ3) is 4.83. The van der Waals surface area contributed by atoms with E-state index in [0.29, 0.717) is 0 Å². The number of fused-ring (bicyclic) bond motifs is 11. The Morgan fingerprint density at radius 2 is 1.35 bits per heavy atom. The fourth-order valence-corrected chi connectivity index (χ4v) is 10.3. The van der Waals surface area contributed by atoms with Crippen LogP contribution in [0.5, 0.6) is 11.5 Å². The highest BCUT2D eigenvalue weighted by atomic mass is 16.5. The molecule has 2 aliphatic heterocycles. The first-order valence-corrected chi connectivity index (χ1v) is 19.8. The number of rotatable bonds is 6. The highest BCUT2D eigenvalue weighted by Gasteiger charge is 2.45. The average molecular weight is 709 g/mol. The zero-order valence-electron chi connectivity index (χ0n) is 32.1. The van der Waals surface area contributed by atoms with Crippen LogP contribution in [0.4, 0.5) is 0 Å². The summed E-state index contributed by atoms with van der Waals surface area (Å²) in [6.45, 7) is 11.2. The second-order valence-corrected chi connectivity index (χ2v) is 17.0. The van der Waals surface area contributed by atoms with Crippen LogP contribution < -0.4 is 9.47 Å². The van der Waals surface area contributed by atoms with E-state index in [0.717, 1.165) is 59.1 Å². The summed E-state index contributed by atoms with van der Waals surface area (Å²) in [6, 6.07) is 40.7. The Hall–Kier alpha value is -5.12. The zero-order valence-corrected chi connectivity index (χ0v) is 32.1. The monoisotopic (exact) mass is 708 g/mol. The van der Waals surface area contributed by atoms with E-state index in [2.05, 4.69) is 149 Å². The second-order valence-electron chi connectivity index (χ2n) is 17.0. The van der Waals surface area contributed by atoms with Crippen molar-refractivity contribution in [1.82, 2.24) is 0 Å². The molecule has 2 heterocycles. The van der Waals surface area contributed by atoms with E-state index in [1.807, 2.05) is 0 Å². The molecule has 3 nitrogen and oxygen atoms in total. The molecular formula is C51H48O3. The van der Waals surface area contributed by atoms with Gasteiger partial charge in [-0.15, -0.1) is 0 Å². The number of aryl methyl sites for hydroxylation is 1. The fourth-order valence-electron chi connectivity index (χ4n) is 10.3. The molecule has 54 heavy (non-hydrogen) atoms. The Morgan fingerprint density at radius 3 is 2.11 bits per heavy atom. The van der Waals surface area contributed by atoms with Crippen molar-refractivity contribution >= 4 is 16.8 Å². The number of ether oxygens (including phenoxy) is 3. The van der Waals surface area contributed by atoms with Crippen LogP contribution >= 0.6 is 0 Å². The Labute approximate surface area is 319 Å². The van der Waals surface area contributed by atoms with Crippen molar-refractivity contribution in [2.75, 3.05) is 20.3 Å². The molecule has 0 saturated carbocycles. The zero-order chi connectivity index (χ0) is 36.8. The highest BCUT2D eigenvalue weighted by molar-refractivity contribution is 6.09. The van der Waals surface area contributed by atoms with E-state index in [1.54, 1.807) is 7.11 Å². The van der Waals surface area contributed by atoms with Crippen molar-refractivity contribution in [3.8, 4) is 33.8 Å². The maximum atomic E-state index is 7.77. The summed E-state index contributed by atoms with van der Waals surface area (Å²) in [5.41, 5.74) is 14.3. The first-order chi connectivity index (χ1) is 26.2. The lowest BCUT2D eigenvalue weighted by Gasteiger charge is -2.39. The lowest BCUT2D eigenvalue weighted by Crippen LogP contribution is -2.35. The summed E-state index contributed by atoms with van der Waals surface area (Å²) in [7, 11) is 1.75. The predicted octanol–water partition coefficient (Wildman–Crippen LogP) is 12.2. The summed E-state index contributed by atoms with van der Waals surface area (Å²) < 4.78 is 19.3. The van der Waals surface area contributed by atoms with E-state index >= 15 is 0 Å². The number of hydrogen-bond donors (Lipinski definition) is 0. The van der Waals surface area contributed by atoms with E-state index < -0.39 is 5.60 Å². The molecule has 6 aromatic carbocycles. The molecule has 0 bridgehead atoms. The summed E-state index contributed by atoms with van der Waals surface area (Å²) in [6.07, 6.45) is 9.33. The molecule has 1 fully saturated rings. The van der Waals surface area contributed by atoms with Crippen molar-refractivity contribution < 1.29 is 14.2 Å². The van der Waals surface area contributed by atoms with Gasteiger partial charge in [-0.3, -0.25) is 0 Å². The summed E-state index contributed by atoms with van der Waals surface area (Å²) in [4.78, 5) is 0. The number of hydrogen-bond acceptors (Lipinski definition) is 3. The molecular weight excluding hydrogens is 661 g/mol. The molecule has 1 unspecified atom stereocenters. The normalized spacial score (nSPS) is 20.1. The van der Waals surface area contributed by atoms with Crippen molar-refractivity contribution in [3.63, 3.8) is 0 Å². The second kappa shape index (κ2) is 12.2. The van der Waals surface area contributed by atoms with Crippen LogP contribution in [-0.2, 0) is 27.6 Å². The van der Waals surface area contributed by atoms with E-state index in [4.69, 9.17) is 14.2 Å². The van der Waals surface area contributed by atoms with Gasteiger partial charge in [0.2, 0.25) is 0 Å². The molecule has 3 heteroatoms. The minimum absolute atomic E-state index is 0.135. The fraction of sp³-hybridized carbons (Fsp3) is 0.294. The third-order valence-electron chi connectivity index (χ3n) is 13.3. The maximum absolute atomic E-state index is 7.77. The summed E-state index contributed by atoms with van der Waals surface area (Å²) in [5.74, 6) is 2.48. The van der Waals surface area contributed by atoms with Crippen LogP contribution in [0.2, 0.25) is 0 Å². The van der Waals surface area contributed by atoms with Gasteiger partial charge < -0.3 is 14.2 Å². The van der Waals surface area contributed by atoms with Crippen LogP contribution in [0, 0.1) is 5.92 Å². The van der Waals surface area contributed by atoms with Crippen LogP contribution in [0.15, 0.2) is 115 Å². The van der Waals surface area contributed by atoms with E-state index in [9.17, 15) is 0 Å². The lowest BCUT2D eigenvalue weighted by molar-refractivity contribution is 0.0640. The van der Waals surface area contributed by atoms with Crippen molar-refractivity contribution in [1.29, 1.82) is 0 Å². The maximum Gasteiger partial charge on any atom is 0.178 e.